The Bertz CT molecular complexity index is 484. The zero-order valence-corrected chi connectivity index (χ0v) is 12.5. The molecule has 0 aliphatic rings. The Labute approximate surface area is 115 Å². The predicted molar refractivity (Wildman–Crippen MR) is 77.6 cm³/mol. The molecule has 0 amide bonds. The molecule has 1 aromatic heterocycles. The number of carbonyl (C=O) groups excluding carboxylic acids is 1. The Hall–Kier alpha value is -1.64. The van der Waals surface area contributed by atoms with Crippen LogP contribution in [0.2, 0.25) is 0 Å². The van der Waals surface area contributed by atoms with Gasteiger partial charge in [-0.1, -0.05) is 19.4 Å². The monoisotopic (exact) mass is 261 g/mol. The van der Waals surface area contributed by atoms with Crippen LogP contribution in [0.3, 0.4) is 0 Å². The van der Waals surface area contributed by atoms with Gasteiger partial charge in [-0.3, -0.25) is 9.78 Å². The van der Waals surface area contributed by atoms with Crippen molar-refractivity contribution in [2.45, 2.75) is 47.0 Å². The van der Waals surface area contributed by atoms with Crippen molar-refractivity contribution in [3.05, 3.63) is 34.7 Å². The lowest BCUT2D eigenvalue weighted by Gasteiger charge is -2.11. The normalized spacial score (nSPS) is 10.2. The number of methoxy groups -OCH3 is 1. The molecule has 0 aromatic carbocycles. The zero-order valence-electron chi connectivity index (χ0n) is 12.5. The van der Waals surface area contributed by atoms with Gasteiger partial charge in [-0.25, -0.2) is 0 Å². The molecular formula is C16H23NO2. The van der Waals surface area contributed by atoms with Gasteiger partial charge in [-0.2, -0.15) is 0 Å². The first-order valence-corrected chi connectivity index (χ1v) is 6.74. The lowest BCUT2D eigenvalue weighted by atomic mass is 10.0. The summed E-state index contributed by atoms with van der Waals surface area (Å²) in [4.78, 5) is 16.4. The average molecular weight is 261 g/mol. The lowest BCUT2D eigenvalue weighted by molar-refractivity contribution is -0.114. The van der Waals surface area contributed by atoms with Crippen LogP contribution in [0.5, 0.6) is 5.75 Å². The summed E-state index contributed by atoms with van der Waals surface area (Å²) in [5.74, 6) is 0.938. The molecule has 0 spiro atoms. The van der Waals surface area contributed by atoms with Crippen LogP contribution in [-0.2, 0) is 11.2 Å². The van der Waals surface area contributed by atoms with Crippen molar-refractivity contribution >= 4 is 5.78 Å². The van der Waals surface area contributed by atoms with E-state index in [1.165, 1.54) is 5.57 Å². The molecule has 0 N–H and O–H groups in total. The van der Waals surface area contributed by atoms with Crippen LogP contribution >= 0.6 is 0 Å². The molecule has 0 saturated heterocycles. The molecule has 19 heavy (non-hydrogen) atoms. The Morgan fingerprint density at radius 2 is 1.95 bits per heavy atom. The third-order valence-electron chi connectivity index (χ3n) is 3.36. The largest absolute Gasteiger partial charge is 0.496 e. The fourth-order valence-electron chi connectivity index (χ4n) is 2.15. The van der Waals surface area contributed by atoms with E-state index in [9.17, 15) is 4.79 Å². The summed E-state index contributed by atoms with van der Waals surface area (Å²) in [7, 11) is 1.65. The third kappa shape index (κ3) is 3.91. The number of rotatable bonds is 6. The van der Waals surface area contributed by atoms with Crippen molar-refractivity contribution in [1.29, 1.82) is 0 Å². The SMILES string of the molecule is CCC(=CC(=O)Cc1ncc(C)c(OC)c1C)CC. The minimum absolute atomic E-state index is 0.111. The van der Waals surface area contributed by atoms with Crippen LogP contribution in [0.4, 0.5) is 0 Å². The van der Waals surface area contributed by atoms with Gasteiger partial charge in [0.2, 0.25) is 0 Å². The average Bonchev–Trinajstić information content (AvgIpc) is 2.40. The van der Waals surface area contributed by atoms with Crippen molar-refractivity contribution in [3.63, 3.8) is 0 Å². The fourth-order valence-corrected chi connectivity index (χ4v) is 2.15. The minimum Gasteiger partial charge on any atom is -0.496 e. The Morgan fingerprint density at radius 1 is 1.32 bits per heavy atom. The molecule has 0 radical (unpaired) electrons. The van der Waals surface area contributed by atoms with Gasteiger partial charge in [0, 0.05) is 17.3 Å². The van der Waals surface area contributed by atoms with Gasteiger partial charge in [0.15, 0.2) is 5.78 Å². The van der Waals surface area contributed by atoms with Crippen LogP contribution < -0.4 is 4.74 Å². The van der Waals surface area contributed by atoms with Crippen LogP contribution in [-0.4, -0.2) is 17.9 Å². The van der Waals surface area contributed by atoms with Crippen molar-refractivity contribution in [2.75, 3.05) is 7.11 Å². The Morgan fingerprint density at radius 3 is 2.47 bits per heavy atom. The maximum Gasteiger partial charge on any atom is 0.161 e. The molecule has 0 saturated carbocycles. The molecule has 3 nitrogen and oxygen atoms in total. The first kappa shape index (κ1) is 15.4. The predicted octanol–water partition coefficient (Wildman–Crippen LogP) is 3.57. The van der Waals surface area contributed by atoms with Gasteiger partial charge in [0.1, 0.15) is 5.75 Å². The first-order valence-electron chi connectivity index (χ1n) is 6.74. The number of hydrogen-bond acceptors (Lipinski definition) is 3. The maximum atomic E-state index is 12.0. The zero-order chi connectivity index (χ0) is 14.4. The third-order valence-corrected chi connectivity index (χ3v) is 3.36. The van der Waals surface area contributed by atoms with Crippen molar-refractivity contribution in [3.8, 4) is 5.75 Å². The Kier molecular flexibility index (Phi) is 5.74. The quantitative estimate of drug-likeness (QED) is 0.735. The minimum atomic E-state index is 0.111. The van der Waals surface area contributed by atoms with E-state index in [-0.39, 0.29) is 5.78 Å². The number of allylic oxidation sites excluding steroid dienone is 2. The second kappa shape index (κ2) is 7.07. The Balaban J connectivity index is 2.95. The van der Waals surface area contributed by atoms with E-state index < -0.39 is 0 Å². The van der Waals surface area contributed by atoms with Crippen molar-refractivity contribution < 1.29 is 9.53 Å². The van der Waals surface area contributed by atoms with Crippen molar-refractivity contribution in [2.24, 2.45) is 0 Å². The standard InChI is InChI=1S/C16H23NO2/c1-6-13(7-2)8-14(18)9-15-12(4)16(19-5)11(3)10-17-15/h8,10H,6-7,9H2,1-5H3. The highest BCUT2D eigenvalue weighted by molar-refractivity contribution is 5.92. The number of carbonyl (C=O) groups is 1. The summed E-state index contributed by atoms with van der Waals surface area (Å²) >= 11 is 0. The summed E-state index contributed by atoms with van der Waals surface area (Å²) in [5.41, 5.74) is 3.94. The summed E-state index contributed by atoms with van der Waals surface area (Å²) in [6, 6.07) is 0. The smallest absolute Gasteiger partial charge is 0.161 e. The summed E-state index contributed by atoms with van der Waals surface area (Å²) in [6.45, 7) is 8.05. The highest BCUT2D eigenvalue weighted by Crippen LogP contribution is 2.24. The highest BCUT2D eigenvalue weighted by Gasteiger charge is 2.12. The second-order valence-electron chi connectivity index (χ2n) is 4.70. The van der Waals surface area contributed by atoms with E-state index in [0.717, 1.165) is 35.4 Å². The van der Waals surface area contributed by atoms with E-state index in [1.54, 1.807) is 19.4 Å². The van der Waals surface area contributed by atoms with E-state index >= 15 is 0 Å². The molecule has 0 aliphatic carbocycles. The van der Waals surface area contributed by atoms with Gasteiger partial charge in [0.25, 0.3) is 0 Å². The molecule has 1 rings (SSSR count). The van der Waals surface area contributed by atoms with Gasteiger partial charge in [0.05, 0.1) is 19.2 Å². The van der Waals surface area contributed by atoms with Gasteiger partial charge < -0.3 is 4.74 Å². The molecule has 1 heterocycles. The number of pyridine rings is 1. The van der Waals surface area contributed by atoms with Crippen LogP contribution in [0.15, 0.2) is 17.8 Å². The summed E-state index contributed by atoms with van der Waals surface area (Å²) < 4.78 is 5.35. The van der Waals surface area contributed by atoms with Crippen LogP contribution in [0.1, 0.15) is 43.5 Å². The highest BCUT2D eigenvalue weighted by atomic mass is 16.5. The molecule has 3 heteroatoms. The van der Waals surface area contributed by atoms with Crippen LogP contribution in [0, 0.1) is 13.8 Å². The maximum absolute atomic E-state index is 12.0. The molecule has 0 unspecified atom stereocenters. The molecule has 0 aliphatic heterocycles. The first-order chi connectivity index (χ1) is 9.03. The van der Waals surface area contributed by atoms with E-state index in [1.807, 2.05) is 13.8 Å². The molecule has 104 valence electrons. The second-order valence-corrected chi connectivity index (χ2v) is 4.70. The number of ether oxygens (including phenoxy) is 1. The van der Waals surface area contributed by atoms with E-state index in [2.05, 4.69) is 18.8 Å². The molecule has 1 aromatic rings. The number of nitrogens with zero attached hydrogens (tertiary/aromatic N) is 1. The van der Waals surface area contributed by atoms with E-state index in [4.69, 9.17) is 4.74 Å². The molecular weight excluding hydrogens is 238 g/mol. The molecule has 0 fully saturated rings. The summed E-state index contributed by atoms with van der Waals surface area (Å²) in [6.07, 6.45) is 5.70. The molecule has 0 bridgehead atoms. The topological polar surface area (TPSA) is 39.2 Å². The lowest BCUT2D eigenvalue weighted by Crippen LogP contribution is -2.06. The molecule has 0 atom stereocenters. The number of ketones is 1. The van der Waals surface area contributed by atoms with Crippen LogP contribution in [0.25, 0.3) is 0 Å². The van der Waals surface area contributed by atoms with Gasteiger partial charge in [-0.15, -0.1) is 0 Å². The van der Waals surface area contributed by atoms with Gasteiger partial charge in [-0.05, 0) is 32.8 Å². The summed E-state index contributed by atoms with van der Waals surface area (Å²) in [5, 5.41) is 0. The van der Waals surface area contributed by atoms with E-state index in [0.29, 0.717) is 6.42 Å². The number of aryl methyl sites for hydroxylation is 1. The van der Waals surface area contributed by atoms with Crippen molar-refractivity contribution in [1.82, 2.24) is 4.98 Å². The number of aromatic nitrogens is 1. The van der Waals surface area contributed by atoms with Gasteiger partial charge >= 0.3 is 0 Å². The number of hydrogen-bond donors (Lipinski definition) is 0. The fraction of sp³-hybridized carbons (Fsp3) is 0.500.